The summed E-state index contributed by atoms with van der Waals surface area (Å²) in [6, 6.07) is 5.15. The molecule has 1 amide bonds. The Kier molecular flexibility index (Phi) is 4.95. The summed E-state index contributed by atoms with van der Waals surface area (Å²) in [6.07, 6.45) is 0. The molecule has 0 spiro atoms. The van der Waals surface area contributed by atoms with Crippen molar-refractivity contribution in [2.75, 3.05) is 37.8 Å². The van der Waals surface area contributed by atoms with Gasteiger partial charge in [-0.25, -0.2) is 0 Å². The lowest BCUT2D eigenvalue weighted by atomic mass is 10.3. The van der Waals surface area contributed by atoms with E-state index in [2.05, 4.69) is 15.9 Å². The van der Waals surface area contributed by atoms with Gasteiger partial charge in [0.2, 0.25) is 5.91 Å². The highest BCUT2D eigenvalue weighted by molar-refractivity contribution is 9.10. The Balaban J connectivity index is 2.04. The zero-order chi connectivity index (χ0) is 13.8. The lowest BCUT2D eigenvalue weighted by Gasteiger charge is -2.26. The maximum atomic E-state index is 12.2. The fraction of sp³-hybridized carbons (Fsp3) is 0.417. The second-order valence-corrected chi connectivity index (χ2v) is 6.50. The van der Waals surface area contributed by atoms with Crippen molar-refractivity contribution < 1.29 is 13.7 Å². The van der Waals surface area contributed by atoms with Crippen LogP contribution in [0.2, 0.25) is 0 Å². The summed E-state index contributed by atoms with van der Waals surface area (Å²) in [5, 5.41) is 0. The standard InChI is InChI=1S/C12H15BrN2O3S/c13-9-1-2-10(14)11(7-9)19(17)8-12(16)15-3-5-18-6-4-15/h1-2,7H,3-6,8,14H2. The molecule has 2 rings (SSSR count). The van der Waals surface area contributed by atoms with Crippen LogP contribution in [0.5, 0.6) is 0 Å². The van der Waals surface area contributed by atoms with Crippen LogP contribution in [0.1, 0.15) is 0 Å². The van der Waals surface area contributed by atoms with Gasteiger partial charge in [0.1, 0.15) is 5.75 Å². The van der Waals surface area contributed by atoms with Crippen LogP contribution in [0.25, 0.3) is 0 Å². The van der Waals surface area contributed by atoms with Crippen LogP contribution in [0.15, 0.2) is 27.6 Å². The Labute approximate surface area is 122 Å². The third-order valence-electron chi connectivity index (χ3n) is 2.84. The normalized spacial score (nSPS) is 17.2. The molecule has 0 bridgehead atoms. The molecule has 1 aliphatic rings. The van der Waals surface area contributed by atoms with Crippen molar-refractivity contribution in [3.8, 4) is 0 Å². The van der Waals surface area contributed by atoms with Crippen molar-refractivity contribution in [1.82, 2.24) is 4.90 Å². The SMILES string of the molecule is Nc1ccc(Br)cc1S(=O)CC(=O)N1CCOCC1. The molecule has 19 heavy (non-hydrogen) atoms. The molecule has 1 aromatic carbocycles. The topological polar surface area (TPSA) is 72.6 Å². The first kappa shape index (κ1) is 14.5. The van der Waals surface area contributed by atoms with Gasteiger partial charge in [0.15, 0.2) is 0 Å². The lowest BCUT2D eigenvalue weighted by molar-refractivity contribution is -0.132. The smallest absolute Gasteiger partial charge is 0.235 e. The van der Waals surface area contributed by atoms with Crippen LogP contribution in [-0.2, 0) is 20.3 Å². The van der Waals surface area contributed by atoms with Gasteiger partial charge < -0.3 is 15.4 Å². The summed E-state index contributed by atoms with van der Waals surface area (Å²) in [7, 11) is -1.42. The van der Waals surface area contributed by atoms with Crippen molar-refractivity contribution in [1.29, 1.82) is 0 Å². The molecule has 0 aliphatic carbocycles. The summed E-state index contributed by atoms with van der Waals surface area (Å²) in [5.74, 6) is -0.165. The summed E-state index contributed by atoms with van der Waals surface area (Å²) < 4.78 is 18.2. The number of benzene rings is 1. The van der Waals surface area contributed by atoms with Gasteiger partial charge in [0.05, 0.1) is 28.9 Å². The van der Waals surface area contributed by atoms with Gasteiger partial charge in [-0.2, -0.15) is 0 Å². The fourth-order valence-corrected chi connectivity index (χ4v) is 3.46. The molecule has 1 atom stereocenters. The van der Waals surface area contributed by atoms with E-state index in [1.807, 2.05) is 0 Å². The molecule has 0 radical (unpaired) electrons. The minimum Gasteiger partial charge on any atom is -0.398 e. The van der Waals surface area contributed by atoms with Gasteiger partial charge in [0, 0.05) is 23.2 Å². The number of rotatable bonds is 3. The molecule has 1 unspecified atom stereocenters. The molecular formula is C12H15BrN2O3S. The predicted octanol–water partition coefficient (Wildman–Crippen LogP) is 0.998. The van der Waals surface area contributed by atoms with Crippen molar-refractivity contribution in [2.45, 2.75) is 4.90 Å². The molecule has 1 fully saturated rings. The molecule has 2 N–H and O–H groups in total. The van der Waals surface area contributed by atoms with Crippen molar-refractivity contribution in [2.24, 2.45) is 0 Å². The largest absolute Gasteiger partial charge is 0.398 e. The predicted molar refractivity (Wildman–Crippen MR) is 77.2 cm³/mol. The quantitative estimate of drug-likeness (QED) is 0.828. The van der Waals surface area contributed by atoms with Crippen molar-refractivity contribution in [3.63, 3.8) is 0 Å². The maximum Gasteiger partial charge on any atom is 0.235 e. The van der Waals surface area contributed by atoms with Crippen LogP contribution in [0.3, 0.4) is 0 Å². The number of nitrogens with zero attached hydrogens (tertiary/aromatic N) is 1. The third-order valence-corrected chi connectivity index (χ3v) is 4.69. The molecule has 0 saturated carbocycles. The highest BCUT2D eigenvalue weighted by Crippen LogP contribution is 2.22. The summed E-state index contributed by atoms with van der Waals surface area (Å²) in [5.41, 5.74) is 6.23. The number of morpholine rings is 1. The Bertz CT molecular complexity index is 504. The number of ether oxygens (including phenoxy) is 1. The van der Waals surface area contributed by atoms with Gasteiger partial charge in [-0.05, 0) is 18.2 Å². The van der Waals surface area contributed by atoms with Crippen molar-refractivity contribution >= 4 is 38.3 Å². The van der Waals surface area contributed by atoms with Gasteiger partial charge in [0.25, 0.3) is 0 Å². The number of halogens is 1. The molecule has 1 aliphatic heterocycles. The number of anilines is 1. The molecule has 104 valence electrons. The minimum absolute atomic E-state index is 0.0410. The number of nitrogen functional groups attached to an aromatic ring is 1. The Morgan fingerprint density at radius 2 is 2.11 bits per heavy atom. The molecule has 0 aromatic heterocycles. The third kappa shape index (κ3) is 3.77. The van der Waals surface area contributed by atoms with E-state index in [1.54, 1.807) is 23.1 Å². The van der Waals surface area contributed by atoms with E-state index in [9.17, 15) is 9.00 Å². The molecule has 7 heteroatoms. The Morgan fingerprint density at radius 1 is 1.42 bits per heavy atom. The number of hydrogen-bond donors (Lipinski definition) is 1. The van der Waals surface area contributed by atoms with E-state index in [0.717, 1.165) is 4.47 Å². The highest BCUT2D eigenvalue weighted by Gasteiger charge is 2.20. The summed E-state index contributed by atoms with van der Waals surface area (Å²) in [6.45, 7) is 2.20. The fourth-order valence-electron chi connectivity index (χ4n) is 1.80. The van der Waals surface area contributed by atoms with Crippen LogP contribution < -0.4 is 5.73 Å². The number of hydrogen-bond acceptors (Lipinski definition) is 4. The van der Waals surface area contributed by atoms with Gasteiger partial charge in [-0.15, -0.1) is 0 Å². The van der Waals surface area contributed by atoms with E-state index >= 15 is 0 Å². The average molecular weight is 347 g/mol. The summed E-state index contributed by atoms with van der Waals surface area (Å²) in [4.78, 5) is 14.2. The van der Waals surface area contributed by atoms with Crippen LogP contribution in [0.4, 0.5) is 5.69 Å². The first-order valence-electron chi connectivity index (χ1n) is 5.87. The van der Waals surface area contributed by atoms with E-state index in [0.29, 0.717) is 36.9 Å². The minimum atomic E-state index is -1.42. The van der Waals surface area contributed by atoms with Crippen LogP contribution in [0, 0.1) is 0 Å². The zero-order valence-corrected chi connectivity index (χ0v) is 12.7. The number of nitrogens with two attached hydrogens (primary N) is 1. The number of amides is 1. The van der Waals surface area contributed by atoms with E-state index in [4.69, 9.17) is 10.5 Å². The first-order valence-corrected chi connectivity index (χ1v) is 7.98. The van der Waals surface area contributed by atoms with E-state index in [-0.39, 0.29) is 11.7 Å². The molecule has 1 aromatic rings. The van der Waals surface area contributed by atoms with Crippen LogP contribution >= 0.6 is 15.9 Å². The average Bonchev–Trinajstić information content (AvgIpc) is 2.42. The monoisotopic (exact) mass is 346 g/mol. The molecule has 5 nitrogen and oxygen atoms in total. The Hall–Kier alpha value is -0.920. The molecular weight excluding hydrogens is 332 g/mol. The van der Waals surface area contributed by atoms with Crippen LogP contribution in [-0.4, -0.2) is 47.1 Å². The van der Waals surface area contributed by atoms with Gasteiger partial charge >= 0.3 is 0 Å². The zero-order valence-electron chi connectivity index (χ0n) is 10.3. The number of carbonyl (C=O) groups excluding carboxylic acids is 1. The second kappa shape index (κ2) is 6.49. The number of carbonyl (C=O) groups is 1. The Morgan fingerprint density at radius 3 is 2.79 bits per heavy atom. The molecule has 1 heterocycles. The van der Waals surface area contributed by atoms with Gasteiger partial charge in [-0.1, -0.05) is 15.9 Å². The highest BCUT2D eigenvalue weighted by atomic mass is 79.9. The van der Waals surface area contributed by atoms with Gasteiger partial charge in [-0.3, -0.25) is 9.00 Å². The summed E-state index contributed by atoms with van der Waals surface area (Å²) >= 11 is 3.31. The second-order valence-electron chi connectivity index (χ2n) is 4.17. The van der Waals surface area contributed by atoms with E-state index < -0.39 is 10.8 Å². The molecule has 1 saturated heterocycles. The maximum absolute atomic E-state index is 12.2. The van der Waals surface area contributed by atoms with Crippen molar-refractivity contribution in [3.05, 3.63) is 22.7 Å². The first-order chi connectivity index (χ1) is 9.08. The lowest BCUT2D eigenvalue weighted by Crippen LogP contribution is -2.42. The van der Waals surface area contributed by atoms with E-state index in [1.165, 1.54) is 0 Å².